The minimum absolute atomic E-state index is 0.0743. The van der Waals surface area contributed by atoms with Gasteiger partial charge in [-0.3, -0.25) is 9.62 Å². The molecule has 0 saturated carbocycles. The number of fused-ring (bicyclic) bond motifs is 2. The number of benzene rings is 1. The highest BCUT2D eigenvalue weighted by atomic mass is 32.2. The zero-order valence-electron chi connectivity index (χ0n) is 14.9. The first-order valence-electron chi connectivity index (χ1n) is 9.35. The molecule has 5 nitrogen and oxygen atoms in total. The van der Waals surface area contributed by atoms with Gasteiger partial charge in [0.2, 0.25) is 0 Å². The van der Waals surface area contributed by atoms with E-state index in [1.807, 2.05) is 0 Å². The summed E-state index contributed by atoms with van der Waals surface area (Å²) in [5.74, 6) is 0. The minimum Gasteiger partial charge on any atom is -0.383 e. The molecule has 1 fully saturated rings. The van der Waals surface area contributed by atoms with Crippen molar-refractivity contribution in [3.05, 3.63) is 28.3 Å². The minimum atomic E-state index is -0.0743. The van der Waals surface area contributed by atoms with Crippen LogP contribution < -0.4 is 10.0 Å². The molecule has 1 aromatic rings. The third-order valence-electron chi connectivity index (χ3n) is 5.57. The third kappa shape index (κ3) is 3.66. The highest BCUT2D eigenvalue weighted by Gasteiger charge is 2.28. The molecule has 1 heterocycles. The molecule has 1 aliphatic heterocycles. The first kappa shape index (κ1) is 17.2. The third-order valence-corrected chi connectivity index (χ3v) is 6.50. The maximum Gasteiger partial charge on any atom is 0.329 e. The van der Waals surface area contributed by atoms with Gasteiger partial charge in [-0.05, 0) is 72.7 Å². The molecule has 2 amide bonds. The standard InChI is InChI=1S/C19H27N3O2S/c1-24-9-8-22-11-15(12-22)25-21-19(23)20-18-16-6-2-4-13(16)10-14-5-3-7-17(14)18/h10,15H,2-9,11-12H2,1H3,(H2,20,21,23). The Hall–Kier alpha value is -1.24. The van der Waals surface area contributed by atoms with Gasteiger partial charge in [0.05, 0.1) is 11.9 Å². The van der Waals surface area contributed by atoms with E-state index in [4.69, 9.17) is 4.74 Å². The van der Waals surface area contributed by atoms with Gasteiger partial charge < -0.3 is 10.1 Å². The number of ether oxygens (including phenoxy) is 1. The molecule has 0 atom stereocenters. The Bertz CT molecular complexity index is 626. The first-order chi connectivity index (χ1) is 12.2. The monoisotopic (exact) mass is 361 g/mol. The fraction of sp³-hybridized carbons (Fsp3) is 0.632. The number of methoxy groups -OCH3 is 1. The number of carbonyl (C=O) groups is 1. The maximum atomic E-state index is 12.4. The van der Waals surface area contributed by atoms with E-state index in [9.17, 15) is 4.79 Å². The van der Waals surface area contributed by atoms with Crippen molar-refractivity contribution in [2.75, 3.05) is 38.7 Å². The summed E-state index contributed by atoms with van der Waals surface area (Å²) in [4.78, 5) is 14.8. The quantitative estimate of drug-likeness (QED) is 0.765. The predicted molar refractivity (Wildman–Crippen MR) is 102 cm³/mol. The molecular formula is C19H27N3O2S. The highest BCUT2D eigenvalue weighted by Crippen LogP contribution is 2.38. The lowest BCUT2D eigenvalue weighted by molar-refractivity contribution is 0.115. The van der Waals surface area contributed by atoms with Crippen LogP contribution in [-0.4, -0.2) is 49.5 Å². The van der Waals surface area contributed by atoms with Gasteiger partial charge in [-0.15, -0.1) is 0 Å². The fourth-order valence-electron chi connectivity index (χ4n) is 4.24. The van der Waals surface area contributed by atoms with Crippen molar-refractivity contribution >= 4 is 23.7 Å². The number of amides is 2. The van der Waals surface area contributed by atoms with Crippen LogP contribution in [0.25, 0.3) is 0 Å². The van der Waals surface area contributed by atoms with Gasteiger partial charge in [-0.1, -0.05) is 6.07 Å². The number of nitrogens with zero attached hydrogens (tertiary/aromatic N) is 1. The fourth-order valence-corrected chi connectivity index (χ4v) is 5.14. The van der Waals surface area contributed by atoms with E-state index in [0.29, 0.717) is 5.25 Å². The van der Waals surface area contributed by atoms with E-state index >= 15 is 0 Å². The van der Waals surface area contributed by atoms with Gasteiger partial charge >= 0.3 is 6.03 Å². The summed E-state index contributed by atoms with van der Waals surface area (Å²) < 4.78 is 8.09. The molecule has 0 spiro atoms. The van der Waals surface area contributed by atoms with Crippen molar-refractivity contribution in [2.24, 2.45) is 0 Å². The van der Waals surface area contributed by atoms with Crippen LogP contribution >= 0.6 is 11.9 Å². The largest absolute Gasteiger partial charge is 0.383 e. The van der Waals surface area contributed by atoms with Crippen LogP contribution in [0.3, 0.4) is 0 Å². The Balaban J connectivity index is 1.32. The topological polar surface area (TPSA) is 53.6 Å². The van der Waals surface area contributed by atoms with Crippen LogP contribution in [0, 0.1) is 0 Å². The summed E-state index contributed by atoms with van der Waals surface area (Å²) in [5, 5.41) is 3.67. The average Bonchev–Trinajstić information content (AvgIpc) is 3.21. The lowest BCUT2D eigenvalue weighted by Gasteiger charge is -2.38. The maximum absolute atomic E-state index is 12.4. The van der Waals surface area contributed by atoms with Crippen molar-refractivity contribution in [2.45, 2.75) is 43.8 Å². The van der Waals surface area contributed by atoms with E-state index in [0.717, 1.165) is 57.6 Å². The number of hydrogen-bond acceptors (Lipinski definition) is 4. The summed E-state index contributed by atoms with van der Waals surface area (Å²) in [7, 11) is 1.73. The number of nitrogens with one attached hydrogen (secondary N) is 2. The van der Waals surface area contributed by atoms with Crippen molar-refractivity contribution < 1.29 is 9.53 Å². The number of aryl methyl sites for hydroxylation is 2. The highest BCUT2D eigenvalue weighted by molar-refractivity contribution is 7.98. The SMILES string of the molecule is COCCN1CC(SNC(=O)Nc2c3c(cc4c2CCC4)CCC3)C1. The van der Waals surface area contributed by atoms with Crippen molar-refractivity contribution in [1.29, 1.82) is 0 Å². The van der Waals surface area contributed by atoms with Gasteiger partial charge in [0, 0.05) is 32.4 Å². The van der Waals surface area contributed by atoms with Crippen LogP contribution in [0.2, 0.25) is 0 Å². The number of urea groups is 1. The second-order valence-electron chi connectivity index (χ2n) is 7.28. The number of carbonyl (C=O) groups excluding carboxylic acids is 1. The summed E-state index contributed by atoms with van der Waals surface area (Å²) in [6, 6.07) is 2.32. The summed E-state index contributed by atoms with van der Waals surface area (Å²) in [5.41, 5.74) is 6.80. The Labute approximate surface area is 154 Å². The summed E-state index contributed by atoms with van der Waals surface area (Å²) in [6.45, 7) is 3.78. The molecule has 0 aromatic heterocycles. The zero-order valence-corrected chi connectivity index (χ0v) is 15.7. The lowest BCUT2D eigenvalue weighted by Crippen LogP contribution is -2.51. The second-order valence-corrected chi connectivity index (χ2v) is 8.39. The van der Waals surface area contributed by atoms with Crippen LogP contribution in [0.1, 0.15) is 35.1 Å². The molecule has 1 saturated heterocycles. The Morgan fingerprint density at radius 1 is 1.20 bits per heavy atom. The number of rotatable bonds is 6. The molecule has 1 aromatic carbocycles. The van der Waals surface area contributed by atoms with Crippen LogP contribution in [-0.2, 0) is 30.4 Å². The molecule has 4 rings (SSSR count). The van der Waals surface area contributed by atoms with E-state index < -0.39 is 0 Å². The van der Waals surface area contributed by atoms with Crippen LogP contribution in [0.15, 0.2) is 6.07 Å². The van der Waals surface area contributed by atoms with Gasteiger partial charge in [0.15, 0.2) is 0 Å². The smallest absolute Gasteiger partial charge is 0.329 e. The number of likely N-dealkylation sites (tertiary alicyclic amines) is 1. The van der Waals surface area contributed by atoms with Crippen molar-refractivity contribution in [1.82, 2.24) is 9.62 Å². The molecule has 0 unspecified atom stereocenters. The Morgan fingerprint density at radius 3 is 2.52 bits per heavy atom. The van der Waals surface area contributed by atoms with E-state index in [1.165, 1.54) is 35.1 Å². The van der Waals surface area contributed by atoms with Gasteiger partial charge in [-0.25, -0.2) is 4.79 Å². The molecule has 2 aliphatic carbocycles. The first-order valence-corrected chi connectivity index (χ1v) is 10.2. The molecule has 0 bridgehead atoms. The normalized spacial score (nSPS) is 19.4. The Kier molecular flexibility index (Phi) is 5.20. The van der Waals surface area contributed by atoms with E-state index in [2.05, 4.69) is 21.0 Å². The molecule has 0 radical (unpaired) electrons. The molecule has 136 valence electrons. The van der Waals surface area contributed by atoms with Crippen LogP contribution in [0.4, 0.5) is 10.5 Å². The molecule has 25 heavy (non-hydrogen) atoms. The molecular weight excluding hydrogens is 334 g/mol. The van der Waals surface area contributed by atoms with Crippen molar-refractivity contribution in [3.8, 4) is 0 Å². The van der Waals surface area contributed by atoms with Crippen LogP contribution in [0.5, 0.6) is 0 Å². The average molecular weight is 362 g/mol. The number of hydrogen-bond donors (Lipinski definition) is 2. The molecule has 6 heteroatoms. The van der Waals surface area contributed by atoms with E-state index in [1.54, 1.807) is 19.1 Å². The lowest BCUT2D eigenvalue weighted by atomic mass is 9.99. The van der Waals surface area contributed by atoms with Crippen molar-refractivity contribution in [3.63, 3.8) is 0 Å². The zero-order chi connectivity index (χ0) is 17.2. The summed E-state index contributed by atoms with van der Waals surface area (Å²) in [6.07, 6.45) is 6.94. The van der Waals surface area contributed by atoms with Gasteiger partial charge in [0.25, 0.3) is 0 Å². The number of anilines is 1. The predicted octanol–water partition coefficient (Wildman–Crippen LogP) is 2.76. The Morgan fingerprint density at radius 2 is 1.88 bits per heavy atom. The van der Waals surface area contributed by atoms with Gasteiger partial charge in [-0.2, -0.15) is 0 Å². The van der Waals surface area contributed by atoms with E-state index in [-0.39, 0.29) is 6.03 Å². The molecule has 2 N–H and O–H groups in total. The molecule has 3 aliphatic rings. The van der Waals surface area contributed by atoms with Gasteiger partial charge in [0.1, 0.15) is 0 Å². The summed E-state index contributed by atoms with van der Waals surface area (Å²) >= 11 is 1.55. The second kappa shape index (κ2) is 7.56.